The average molecular weight is 431 g/mol. The summed E-state index contributed by atoms with van der Waals surface area (Å²) in [6, 6.07) is 15.1. The van der Waals surface area contributed by atoms with Gasteiger partial charge in [0.2, 0.25) is 11.9 Å². The van der Waals surface area contributed by atoms with Crippen LogP contribution >= 0.6 is 0 Å². The predicted octanol–water partition coefficient (Wildman–Crippen LogP) is 4.10. The fourth-order valence-electron chi connectivity index (χ4n) is 4.70. The van der Waals surface area contributed by atoms with Crippen molar-refractivity contribution in [2.24, 2.45) is 21.5 Å². The average Bonchev–Trinajstić information content (AvgIpc) is 3.20. The first-order valence-corrected chi connectivity index (χ1v) is 10.9. The Balaban J connectivity index is 1.42. The van der Waals surface area contributed by atoms with Gasteiger partial charge >= 0.3 is 0 Å². The summed E-state index contributed by atoms with van der Waals surface area (Å²) < 4.78 is 5.68. The largest absolute Gasteiger partial charge is 0.451 e. The van der Waals surface area contributed by atoms with Gasteiger partial charge in [-0.05, 0) is 68.5 Å². The molecule has 3 aromatic rings. The Morgan fingerprint density at radius 2 is 1.88 bits per heavy atom. The number of aliphatic imine (C=N–C) groups is 2. The molecule has 0 bridgehead atoms. The molecular weight excluding hydrogens is 404 g/mol. The number of benzene rings is 2. The Morgan fingerprint density at radius 3 is 2.62 bits per heavy atom. The Bertz CT molecular complexity index is 1220. The highest BCUT2D eigenvalue weighted by Crippen LogP contribution is 2.40. The van der Waals surface area contributed by atoms with E-state index in [9.17, 15) is 4.79 Å². The molecule has 2 aliphatic rings. The monoisotopic (exact) mass is 430 g/mol. The molecule has 0 radical (unpaired) electrons. The van der Waals surface area contributed by atoms with E-state index in [1.807, 2.05) is 54.3 Å². The number of guanidine groups is 2. The predicted molar refractivity (Wildman–Crippen MR) is 127 cm³/mol. The van der Waals surface area contributed by atoms with Gasteiger partial charge in [0.1, 0.15) is 11.2 Å². The molecule has 1 aliphatic carbocycles. The number of amides is 1. The summed E-state index contributed by atoms with van der Waals surface area (Å²) in [6.45, 7) is 1.94. The Morgan fingerprint density at radius 1 is 1.09 bits per heavy atom. The fourth-order valence-corrected chi connectivity index (χ4v) is 4.70. The minimum Gasteiger partial charge on any atom is -0.451 e. The first-order valence-electron chi connectivity index (χ1n) is 10.9. The molecule has 1 amide bonds. The van der Waals surface area contributed by atoms with E-state index in [1.165, 1.54) is 6.42 Å². The van der Waals surface area contributed by atoms with Gasteiger partial charge in [-0.1, -0.05) is 24.6 Å². The number of anilines is 2. The molecule has 2 heterocycles. The summed E-state index contributed by atoms with van der Waals surface area (Å²) in [4.78, 5) is 23.7. The smallest absolute Gasteiger partial charge is 0.291 e. The van der Waals surface area contributed by atoms with Gasteiger partial charge in [0.05, 0.1) is 0 Å². The Kier molecular flexibility index (Phi) is 4.84. The maximum atomic E-state index is 12.8. The molecule has 32 heavy (non-hydrogen) atoms. The second kappa shape index (κ2) is 7.71. The molecule has 1 spiro atoms. The number of rotatable bonds is 3. The van der Waals surface area contributed by atoms with Crippen LogP contribution in [0.15, 0.2) is 62.9 Å². The zero-order chi connectivity index (χ0) is 22.3. The molecule has 1 aliphatic heterocycles. The summed E-state index contributed by atoms with van der Waals surface area (Å²) >= 11 is 0. The number of carbonyl (C=O) groups is 1. The lowest BCUT2D eigenvalue weighted by molar-refractivity contribution is 0.0998. The molecule has 0 unspecified atom stereocenters. The van der Waals surface area contributed by atoms with E-state index in [2.05, 4.69) is 10.3 Å². The highest BCUT2D eigenvalue weighted by atomic mass is 16.3. The van der Waals surface area contributed by atoms with E-state index in [-0.39, 0.29) is 17.6 Å². The second-order valence-corrected chi connectivity index (χ2v) is 8.42. The van der Waals surface area contributed by atoms with Crippen molar-refractivity contribution in [1.82, 2.24) is 0 Å². The van der Waals surface area contributed by atoms with Crippen molar-refractivity contribution in [1.29, 1.82) is 0 Å². The van der Waals surface area contributed by atoms with Crippen molar-refractivity contribution < 1.29 is 9.21 Å². The van der Waals surface area contributed by atoms with Crippen LogP contribution in [0.1, 0.15) is 48.2 Å². The molecule has 164 valence electrons. The normalized spacial score (nSPS) is 17.8. The molecule has 0 atom stereocenters. The summed E-state index contributed by atoms with van der Waals surface area (Å²) in [5, 5.41) is 3.84. The van der Waals surface area contributed by atoms with Crippen LogP contribution in [0.3, 0.4) is 0 Å². The first kappa shape index (κ1) is 20.1. The Labute approximate surface area is 186 Å². The SMILES string of the molecule is Cc1cc(N2C(N)=NC(N)=NC23CCCCC3)ccc1NC(=O)c1cc2ccccc2o1. The van der Waals surface area contributed by atoms with Crippen molar-refractivity contribution in [3.63, 3.8) is 0 Å². The zero-order valence-electron chi connectivity index (χ0n) is 18.0. The number of fused-ring (bicyclic) bond motifs is 1. The lowest BCUT2D eigenvalue weighted by atomic mass is 9.87. The van der Waals surface area contributed by atoms with Crippen LogP contribution in [0.2, 0.25) is 0 Å². The van der Waals surface area contributed by atoms with E-state index >= 15 is 0 Å². The maximum absolute atomic E-state index is 12.8. The molecular formula is C24H26N6O2. The van der Waals surface area contributed by atoms with Gasteiger partial charge in [0.25, 0.3) is 5.91 Å². The number of nitrogens with one attached hydrogen (secondary N) is 1. The first-order chi connectivity index (χ1) is 15.4. The van der Waals surface area contributed by atoms with Gasteiger partial charge in [-0.2, -0.15) is 4.99 Å². The van der Waals surface area contributed by atoms with Crippen molar-refractivity contribution in [3.8, 4) is 0 Å². The molecule has 2 aromatic carbocycles. The van der Waals surface area contributed by atoms with Crippen molar-refractivity contribution >= 4 is 40.2 Å². The molecule has 5 rings (SSSR count). The number of nitrogens with zero attached hydrogens (tertiary/aromatic N) is 3. The third-order valence-electron chi connectivity index (χ3n) is 6.22. The molecule has 8 nitrogen and oxygen atoms in total. The summed E-state index contributed by atoms with van der Waals surface area (Å²) in [7, 11) is 0. The van der Waals surface area contributed by atoms with Gasteiger partial charge in [0.15, 0.2) is 5.76 Å². The third-order valence-corrected chi connectivity index (χ3v) is 6.22. The maximum Gasteiger partial charge on any atom is 0.291 e. The minimum absolute atomic E-state index is 0.229. The van der Waals surface area contributed by atoms with Crippen molar-refractivity contribution in [3.05, 3.63) is 59.9 Å². The van der Waals surface area contributed by atoms with Gasteiger partial charge in [-0.15, -0.1) is 0 Å². The molecule has 0 saturated heterocycles. The van der Waals surface area contributed by atoms with Crippen LogP contribution in [0.5, 0.6) is 0 Å². The van der Waals surface area contributed by atoms with Crippen LogP contribution in [-0.4, -0.2) is 23.5 Å². The number of para-hydroxylation sites is 1. The lowest BCUT2D eigenvalue weighted by Crippen LogP contribution is -2.58. The quantitative estimate of drug-likeness (QED) is 0.577. The zero-order valence-corrected chi connectivity index (χ0v) is 18.0. The van der Waals surface area contributed by atoms with Gasteiger partial charge < -0.3 is 21.2 Å². The van der Waals surface area contributed by atoms with Crippen LogP contribution in [0, 0.1) is 6.92 Å². The van der Waals surface area contributed by atoms with Crippen molar-refractivity contribution in [2.75, 3.05) is 10.2 Å². The van der Waals surface area contributed by atoms with E-state index in [0.29, 0.717) is 17.2 Å². The van der Waals surface area contributed by atoms with Gasteiger partial charge in [-0.25, -0.2) is 4.99 Å². The van der Waals surface area contributed by atoms with Crippen LogP contribution in [0.25, 0.3) is 11.0 Å². The standard InChI is InChI=1S/C24H26N6O2/c1-15-13-17(30-23(26)28-22(25)29-24(30)11-5-2-6-12-24)9-10-18(15)27-21(31)20-14-16-7-3-4-8-19(16)32-20/h3-4,7-10,13-14H,2,5-6,11-12H2,1H3,(H,27,31)(H4,25,26,28,29). The molecule has 1 fully saturated rings. The summed E-state index contributed by atoms with van der Waals surface area (Å²) in [6.07, 6.45) is 5.03. The van der Waals surface area contributed by atoms with E-state index in [0.717, 1.165) is 42.3 Å². The lowest BCUT2D eigenvalue weighted by Gasteiger charge is -2.45. The molecule has 5 N–H and O–H groups in total. The molecule has 8 heteroatoms. The van der Waals surface area contributed by atoms with Gasteiger partial charge in [-0.3, -0.25) is 9.69 Å². The minimum atomic E-state index is -0.500. The van der Waals surface area contributed by atoms with Crippen molar-refractivity contribution in [2.45, 2.75) is 44.7 Å². The van der Waals surface area contributed by atoms with E-state index < -0.39 is 5.66 Å². The number of hydrogen-bond donors (Lipinski definition) is 3. The van der Waals surface area contributed by atoms with E-state index in [1.54, 1.807) is 6.07 Å². The number of hydrogen-bond acceptors (Lipinski definition) is 7. The highest BCUT2D eigenvalue weighted by Gasteiger charge is 2.42. The highest BCUT2D eigenvalue weighted by molar-refractivity contribution is 6.07. The van der Waals surface area contributed by atoms with Crippen LogP contribution in [0.4, 0.5) is 11.4 Å². The van der Waals surface area contributed by atoms with E-state index in [4.69, 9.17) is 20.9 Å². The third kappa shape index (κ3) is 3.47. The van der Waals surface area contributed by atoms with Crippen LogP contribution < -0.4 is 21.7 Å². The Hall–Kier alpha value is -3.81. The number of aryl methyl sites for hydroxylation is 1. The second-order valence-electron chi connectivity index (χ2n) is 8.42. The van der Waals surface area contributed by atoms with Gasteiger partial charge in [0, 0.05) is 16.8 Å². The fraction of sp³-hybridized carbons (Fsp3) is 0.292. The topological polar surface area (TPSA) is 122 Å². The molecule has 1 aromatic heterocycles. The number of carbonyl (C=O) groups excluding carboxylic acids is 1. The summed E-state index contributed by atoms with van der Waals surface area (Å²) in [5.74, 6) is 0.551. The number of nitrogens with two attached hydrogens (primary N) is 2. The summed E-state index contributed by atoms with van der Waals surface area (Å²) in [5.41, 5.74) is 14.9. The molecule has 1 saturated carbocycles. The van der Waals surface area contributed by atoms with Crippen LogP contribution in [-0.2, 0) is 0 Å². The number of furan rings is 1.